The van der Waals surface area contributed by atoms with Crippen LogP contribution in [0.5, 0.6) is 11.5 Å². The summed E-state index contributed by atoms with van der Waals surface area (Å²) in [5.41, 5.74) is 5.04. The van der Waals surface area contributed by atoms with E-state index in [1.807, 2.05) is 29.8 Å². The number of hydrogen-bond acceptors (Lipinski definition) is 5. The Morgan fingerprint density at radius 1 is 1.03 bits per heavy atom. The topological polar surface area (TPSA) is 48.1 Å². The Morgan fingerprint density at radius 3 is 2.38 bits per heavy atom. The zero-order valence-corrected chi connectivity index (χ0v) is 18.6. The van der Waals surface area contributed by atoms with Gasteiger partial charge in [-0.25, -0.2) is 4.68 Å². The minimum absolute atomic E-state index is 0.162. The number of methoxy groups -OCH3 is 2. The second-order valence-electron chi connectivity index (χ2n) is 7.06. The number of benzene rings is 2. The first-order valence-electron chi connectivity index (χ1n) is 9.52. The van der Waals surface area contributed by atoms with Gasteiger partial charge in [-0.2, -0.15) is 5.10 Å². The number of hydrogen-bond donors (Lipinski definition) is 0. The highest BCUT2D eigenvalue weighted by atomic mass is 32.1. The van der Waals surface area contributed by atoms with Crippen molar-refractivity contribution in [3.05, 3.63) is 63.8 Å². The number of nitrogens with zero attached hydrogens (tertiary/aromatic N) is 3. The quantitative estimate of drug-likeness (QED) is 0.530. The minimum atomic E-state index is 0.162. The number of rotatable bonds is 6. The first-order valence-corrected chi connectivity index (χ1v) is 10.4. The molecular weight excluding hydrogens is 382 g/mol. The summed E-state index contributed by atoms with van der Waals surface area (Å²) in [4.78, 5) is 5.61. The Hall–Kier alpha value is -2.86. The average Bonchev–Trinajstić information content (AvgIpc) is 3.09. The van der Waals surface area contributed by atoms with Crippen LogP contribution in [0.25, 0.3) is 11.3 Å². The van der Waals surface area contributed by atoms with Crippen molar-refractivity contribution < 1.29 is 9.47 Å². The van der Waals surface area contributed by atoms with Crippen molar-refractivity contribution >= 4 is 17.0 Å². The van der Waals surface area contributed by atoms with Crippen LogP contribution in [0.2, 0.25) is 0 Å². The van der Waals surface area contributed by atoms with Crippen LogP contribution >= 0.6 is 11.3 Å². The van der Waals surface area contributed by atoms with Crippen LogP contribution in [-0.2, 0) is 0 Å². The third-order valence-electron chi connectivity index (χ3n) is 4.46. The lowest BCUT2D eigenvalue weighted by atomic mass is 10.1. The van der Waals surface area contributed by atoms with Crippen LogP contribution in [0.15, 0.2) is 57.9 Å². The van der Waals surface area contributed by atoms with E-state index in [1.54, 1.807) is 25.6 Å². The molecule has 0 bridgehead atoms. The summed E-state index contributed by atoms with van der Waals surface area (Å²) in [6, 6.07) is 14.3. The highest BCUT2D eigenvalue weighted by molar-refractivity contribution is 7.07. The predicted molar refractivity (Wildman–Crippen MR) is 120 cm³/mol. The Bertz CT molecular complexity index is 1080. The lowest BCUT2D eigenvalue weighted by Gasteiger charge is -2.12. The minimum Gasteiger partial charge on any atom is -0.497 e. The monoisotopic (exact) mass is 409 g/mol. The van der Waals surface area contributed by atoms with E-state index in [0.29, 0.717) is 0 Å². The van der Waals surface area contributed by atoms with Crippen LogP contribution in [0, 0.1) is 6.92 Å². The van der Waals surface area contributed by atoms with Crippen molar-refractivity contribution in [3.8, 4) is 22.8 Å². The maximum absolute atomic E-state index is 5.60. The second-order valence-corrected chi connectivity index (χ2v) is 7.89. The summed E-state index contributed by atoms with van der Waals surface area (Å²) >= 11 is 1.56. The predicted octanol–water partition coefficient (Wildman–Crippen LogP) is 5.12. The number of aromatic nitrogens is 1. The fourth-order valence-corrected chi connectivity index (χ4v) is 3.86. The molecule has 152 valence electrons. The Balaban J connectivity index is 2.22. The van der Waals surface area contributed by atoms with Gasteiger partial charge in [0.15, 0.2) is 0 Å². The van der Waals surface area contributed by atoms with Gasteiger partial charge in [0, 0.05) is 17.0 Å². The van der Waals surface area contributed by atoms with Crippen LogP contribution in [0.3, 0.4) is 0 Å². The smallest absolute Gasteiger partial charge is 0.206 e. The van der Waals surface area contributed by atoms with Gasteiger partial charge in [0.1, 0.15) is 11.5 Å². The van der Waals surface area contributed by atoms with E-state index in [1.165, 1.54) is 5.56 Å². The van der Waals surface area contributed by atoms with Gasteiger partial charge < -0.3 is 9.47 Å². The van der Waals surface area contributed by atoms with Gasteiger partial charge in [-0.3, -0.25) is 4.99 Å². The van der Waals surface area contributed by atoms with E-state index in [4.69, 9.17) is 19.6 Å². The summed E-state index contributed by atoms with van der Waals surface area (Å²) in [6.07, 6.45) is 0. The van der Waals surface area contributed by atoms with E-state index in [2.05, 4.69) is 50.4 Å². The molecule has 1 aromatic heterocycles. The van der Waals surface area contributed by atoms with E-state index in [-0.39, 0.29) is 6.04 Å². The standard InChI is InChI=1S/C23H27N3O2S/c1-15(2)24-23-26(25-17(4)18-9-7-16(3)8-10-18)21(14-29-23)20-13-19(27-5)11-12-22(20)28-6/h7-15H,1-6H3. The number of aryl methyl sites for hydroxylation is 1. The van der Waals surface area contributed by atoms with Gasteiger partial charge in [0.05, 0.1) is 25.6 Å². The van der Waals surface area contributed by atoms with E-state index < -0.39 is 0 Å². The second kappa shape index (κ2) is 9.09. The summed E-state index contributed by atoms with van der Waals surface area (Å²) in [6.45, 7) is 8.22. The van der Waals surface area contributed by atoms with E-state index >= 15 is 0 Å². The van der Waals surface area contributed by atoms with Gasteiger partial charge in [0.25, 0.3) is 0 Å². The molecule has 3 rings (SSSR count). The lowest BCUT2D eigenvalue weighted by molar-refractivity contribution is 0.404. The molecule has 5 nitrogen and oxygen atoms in total. The third kappa shape index (κ3) is 4.77. The Kier molecular flexibility index (Phi) is 6.54. The zero-order chi connectivity index (χ0) is 21.0. The van der Waals surface area contributed by atoms with Crippen molar-refractivity contribution in [1.82, 2.24) is 4.68 Å². The van der Waals surface area contributed by atoms with Crippen molar-refractivity contribution in [3.63, 3.8) is 0 Å². The van der Waals surface area contributed by atoms with E-state index in [9.17, 15) is 0 Å². The fourth-order valence-electron chi connectivity index (χ4n) is 2.91. The Morgan fingerprint density at radius 2 is 1.76 bits per heavy atom. The molecular formula is C23H27N3O2S. The molecule has 6 heteroatoms. The first-order chi connectivity index (χ1) is 13.9. The van der Waals surface area contributed by atoms with Crippen LogP contribution < -0.4 is 14.3 Å². The SMILES string of the molecule is COc1ccc(OC)c(-c2csc(=NC(C)C)n2N=C(C)c2ccc(C)cc2)c1. The molecule has 0 unspecified atom stereocenters. The molecule has 0 aliphatic heterocycles. The van der Waals surface area contributed by atoms with Gasteiger partial charge in [-0.15, -0.1) is 11.3 Å². The molecule has 0 aliphatic carbocycles. The number of ether oxygens (including phenoxy) is 2. The van der Waals surface area contributed by atoms with Crippen molar-refractivity contribution in [2.75, 3.05) is 14.2 Å². The van der Waals surface area contributed by atoms with Crippen molar-refractivity contribution in [2.24, 2.45) is 10.1 Å². The molecule has 0 atom stereocenters. The summed E-state index contributed by atoms with van der Waals surface area (Å²) in [5.74, 6) is 1.52. The van der Waals surface area contributed by atoms with E-state index in [0.717, 1.165) is 38.8 Å². The van der Waals surface area contributed by atoms with Crippen molar-refractivity contribution in [1.29, 1.82) is 0 Å². The summed E-state index contributed by atoms with van der Waals surface area (Å²) in [5, 5.41) is 6.99. The van der Waals surface area contributed by atoms with Crippen molar-refractivity contribution in [2.45, 2.75) is 33.7 Å². The molecule has 0 radical (unpaired) electrons. The molecule has 29 heavy (non-hydrogen) atoms. The maximum atomic E-state index is 5.60. The van der Waals surface area contributed by atoms with Gasteiger partial charge in [-0.1, -0.05) is 29.8 Å². The molecule has 0 amide bonds. The molecule has 1 heterocycles. The third-order valence-corrected chi connectivity index (χ3v) is 5.29. The molecule has 0 aliphatic rings. The van der Waals surface area contributed by atoms with Gasteiger partial charge in [-0.05, 0) is 51.5 Å². The maximum Gasteiger partial charge on any atom is 0.206 e. The Labute approximate surface area is 176 Å². The van der Waals surface area contributed by atoms with Crippen LogP contribution in [-0.4, -0.2) is 30.6 Å². The zero-order valence-electron chi connectivity index (χ0n) is 17.8. The highest BCUT2D eigenvalue weighted by Gasteiger charge is 2.15. The molecule has 0 saturated carbocycles. The van der Waals surface area contributed by atoms with Crippen LogP contribution in [0.1, 0.15) is 31.9 Å². The molecule has 3 aromatic rings. The summed E-state index contributed by atoms with van der Waals surface area (Å²) in [7, 11) is 3.33. The lowest BCUT2D eigenvalue weighted by Crippen LogP contribution is -2.16. The summed E-state index contributed by atoms with van der Waals surface area (Å²) < 4.78 is 12.9. The molecule has 0 spiro atoms. The average molecular weight is 410 g/mol. The fraction of sp³-hybridized carbons (Fsp3) is 0.304. The van der Waals surface area contributed by atoms with Gasteiger partial charge >= 0.3 is 0 Å². The number of thiazole rings is 1. The largest absolute Gasteiger partial charge is 0.497 e. The highest BCUT2D eigenvalue weighted by Crippen LogP contribution is 2.33. The molecule has 0 saturated heterocycles. The molecule has 0 fully saturated rings. The van der Waals surface area contributed by atoms with Gasteiger partial charge in [0.2, 0.25) is 4.80 Å². The first kappa shape index (κ1) is 20.9. The molecule has 0 N–H and O–H groups in total. The normalized spacial score (nSPS) is 12.5. The molecule has 2 aromatic carbocycles. The van der Waals surface area contributed by atoms with Crippen LogP contribution in [0.4, 0.5) is 0 Å².